The van der Waals surface area contributed by atoms with Gasteiger partial charge in [-0.25, -0.2) is 0 Å². The molecule has 0 aromatic carbocycles. The highest BCUT2D eigenvalue weighted by molar-refractivity contribution is 9.10. The number of thiophene rings is 1. The van der Waals surface area contributed by atoms with Crippen molar-refractivity contribution in [3.05, 3.63) is 48.1 Å². The van der Waals surface area contributed by atoms with Crippen LogP contribution in [0.5, 0.6) is 0 Å². The van der Waals surface area contributed by atoms with Crippen LogP contribution in [0, 0.1) is 4.77 Å². The third-order valence-corrected chi connectivity index (χ3v) is 5.94. The number of fused-ring (bicyclic) bond motifs is 3. The average molecular weight is 426 g/mol. The molecule has 0 bridgehead atoms. The molecule has 6 nitrogen and oxygen atoms in total. The second-order valence-electron chi connectivity index (χ2n) is 5.53. The van der Waals surface area contributed by atoms with Gasteiger partial charge in [0, 0.05) is 4.88 Å². The fraction of sp³-hybridized carbons (Fsp3) is 0.267. The molecule has 0 saturated carbocycles. The summed E-state index contributed by atoms with van der Waals surface area (Å²) in [5.74, 6) is -0.443. The van der Waals surface area contributed by atoms with E-state index in [1.54, 1.807) is 17.4 Å². The topological polar surface area (TPSA) is 80.0 Å². The molecule has 2 N–H and O–H groups in total. The van der Waals surface area contributed by atoms with E-state index in [4.69, 9.17) is 16.6 Å². The fourth-order valence-electron chi connectivity index (χ4n) is 2.93. The SMILES string of the molecule is O=C(Nn1c(=S)[nH]c2sc3c(c2c1=O)CCCC3)c1ccc(Br)o1. The number of amides is 1. The number of furan rings is 1. The van der Waals surface area contributed by atoms with Crippen LogP contribution in [-0.4, -0.2) is 15.6 Å². The van der Waals surface area contributed by atoms with E-state index < -0.39 is 5.91 Å². The molecule has 0 unspecified atom stereocenters. The number of rotatable bonds is 2. The predicted molar refractivity (Wildman–Crippen MR) is 98.0 cm³/mol. The summed E-state index contributed by atoms with van der Waals surface area (Å²) < 4.78 is 6.88. The molecule has 0 saturated heterocycles. The first-order valence-electron chi connectivity index (χ1n) is 7.41. The van der Waals surface area contributed by atoms with Gasteiger partial charge >= 0.3 is 5.91 Å². The molecular weight excluding hydrogens is 414 g/mol. The lowest BCUT2D eigenvalue weighted by molar-refractivity contribution is 0.0979. The molecule has 24 heavy (non-hydrogen) atoms. The van der Waals surface area contributed by atoms with Gasteiger partial charge in [0.05, 0.1) is 5.39 Å². The van der Waals surface area contributed by atoms with Gasteiger partial charge in [0.1, 0.15) is 4.83 Å². The molecule has 0 fully saturated rings. The van der Waals surface area contributed by atoms with Crippen molar-refractivity contribution in [2.45, 2.75) is 25.7 Å². The van der Waals surface area contributed by atoms with Crippen LogP contribution in [0.3, 0.4) is 0 Å². The number of nitrogens with zero attached hydrogens (tertiary/aromatic N) is 1. The Hall–Kier alpha value is -1.71. The van der Waals surface area contributed by atoms with Crippen molar-refractivity contribution in [2.24, 2.45) is 0 Å². The average Bonchev–Trinajstić information content (AvgIpc) is 3.14. The number of halogens is 1. The maximum Gasteiger partial charge on any atom is 0.305 e. The van der Waals surface area contributed by atoms with E-state index in [0.29, 0.717) is 10.1 Å². The van der Waals surface area contributed by atoms with E-state index in [1.165, 1.54) is 10.9 Å². The number of hydrogen-bond donors (Lipinski definition) is 2. The first kappa shape index (κ1) is 15.8. The van der Waals surface area contributed by atoms with E-state index in [9.17, 15) is 9.59 Å². The van der Waals surface area contributed by atoms with Crippen LogP contribution in [0.2, 0.25) is 0 Å². The lowest BCUT2D eigenvalue weighted by atomic mass is 9.97. The fourth-order valence-corrected chi connectivity index (χ4v) is 4.81. The summed E-state index contributed by atoms with van der Waals surface area (Å²) in [7, 11) is 0. The van der Waals surface area contributed by atoms with Crippen LogP contribution in [0.4, 0.5) is 0 Å². The maximum atomic E-state index is 12.9. The number of carbonyl (C=O) groups is 1. The van der Waals surface area contributed by atoms with Gasteiger partial charge in [0.2, 0.25) is 4.77 Å². The normalized spacial score (nSPS) is 13.9. The number of aromatic amines is 1. The Bertz CT molecular complexity index is 1080. The minimum atomic E-state index is -0.536. The Morgan fingerprint density at radius 2 is 2.17 bits per heavy atom. The third kappa shape index (κ3) is 2.56. The summed E-state index contributed by atoms with van der Waals surface area (Å²) in [6, 6.07) is 3.12. The summed E-state index contributed by atoms with van der Waals surface area (Å²) in [6.07, 6.45) is 4.08. The van der Waals surface area contributed by atoms with Gasteiger partial charge < -0.3 is 9.40 Å². The van der Waals surface area contributed by atoms with Crippen LogP contribution in [0.25, 0.3) is 10.2 Å². The third-order valence-electron chi connectivity index (χ3n) is 4.02. The molecule has 1 amide bonds. The quantitative estimate of drug-likeness (QED) is 0.612. The lowest BCUT2D eigenvalue weighted by Gasteiger charge is -2.11. The molecule has 3 aromatic heterocycles. The Balaban J connectivity index is 1.82. The Kier molecular flexibility index (Phi) is 3.93. The first-order chi connectivity index (χ1) is 11.5. The van der Waals surface area contributed by atoms with Gasteiger partial charge in [-0.15, -0.1) is 11.3 Å². The predicted octanol–water partition coefficient (Wildman–Crippen LogP) is 3.74. The number of H-pyrrole nitrogens is 1. The molecule has 0 atom stereocenters. The largest absolute Gasteiger partial charge is 0.444 e. The second-order valence-corrected chi connectivity index (χ2v) is 7.80. The lowest BCUT2D eigenvalue weighted by Crippen LogP contribution is -2.34. The summed E-state index contributed by atoms with van der Waals surface area (Å²) in [4.78, 5) is 30.2. The number of nitrogens with one attached hydrogen (secondary N) is 2. The van der Waals surface area contributed by atoms with Gasteiger partial charge in [-0.1, -0.05) is 0 Å². The molecule has 3 aromatic rings. The number of aromatic nitrogens is 2. The Morgan fingerprint density at radius 3 is 2.92 bits per heavy atom. The van der Waals surface area contributed by atoms with Crippen molar-refractivity contribution in [3.63, 3.8) is 0 Å². The molecular formula is C15H12BrN3O3S2. The van der Waals surface area contributed by atoms with Crippen LogP contribution in [0.1, 0.15) is 33.8 Å². The number of aryl methyl sites for hydroxylation is 2. The van der Waals surface area contributed by atoms with E-state index in [2.05, 4.69) is 26.3 Å². The molecule has 124 valence electrons. The van der Waals surface area contributed by atoms with Crippen LogP contribution >= 0.6 is 39.5 Å². The first-order valence-corrected chi connectivity index (χ1v) is 9.42. The number of hydrogen-bond acceptors (Lipinski definition) is 5. The smallest absolute Gasteiger partial charge is 0.305 e. The van der Waals surface area contributed by atoms with Crippen molar-refractivity contribution in [1.29, 1.82) is 0 Å². The molecule has 1 aliphatic carbocycles. The molecule has 4 rings (SSSR count). The van der Waals surface area contributed by atoms with E-state index in [0.717, 1.165) is 40.8 Å². The van der Waals surface area contributed by atoms with Crippen LogP contribution in [0.15, 0.2) is 26.0 Å². The van der Waals surface area contributed by atoms with E-state index >= 15 is 0 Å². The highest BCUT2D eigenvalue weighted by Gasteiger charge is 2.21. The number of carbonyl (C=O) groups excluding carboxylic acids is 1. The van der Waals surface area contributed by atoms with Crippen molar-refractivity contribution in [1.82, 2.24) is 9.66 Å². The van der Waals surface area contributed by atoms with E-state index in [-0.39, 0.29) is 16.1 Å². The van der Waals surface area contributed by atoms with Gasteiger partial charge in [0.25, 0.3) is 5.56 Å². The summed E-state index contributed by atoms with van der Waals surface area (Å²) >= 11 is 9.97. The van der Waals surface area contributed by atoms with Crippen molar-refractivity contribution in [2.75, 3.05) is 5.43 Å². The molecule has 9 heteroatoms. The monoisotopic (exact) mass is 425 g/mol. The maximum absolute atomic E-state index is 12.9. The van der Waals surface area contributed by atoms with Gasteiger partial charge in [-0.05, 0) is 71.5 Å². The molecule has 0 aliphatic heterocycles. The highest BCUT2D eigenvalue weighted by Crippen LogP contribution is 2.33. The summed E-state index contributed by atoms with van der Waals surface area (Å²) in [6.45, 7) is 0. The molecule has 0 spiro atoms. The zero-order valence-corrected chi connectivity index (χ0v) is 15.6. The Morgan fingerprint density at radius 1 is 1.38 bits per heavy atom. The zero-order chi connectivity index (χ0) is 16.8. The van der Waals surface area contributed by atoms with Gasteiger partial charge in [-0.3, -0.25) is 15.0 Å². The van der Waals surface area contributed by atoms with Crippen molar-refractivity contribution < 1.29 is 9.21 Å². The van der Waals surface area contributed by atoms with Gasteiger partial charge in [0.15, 0.2) is 10.4 Å². The second kappa shape index (κ2) is 5.98. The molecule has 3 heterocycles. The molecule has 0 radical (unpaired) electrons. The van der Waals surface area contributed by atoms with Crippen LogP contribution in [-0.2, 0) is 12.8 Å². The summed E-state index contributed by atoms with van der Waals surface area (Å²) in [5.41, 5.74) is 3.30. The highest BCUT2D eigenvalue weighted by atomic mass is 79.9. The minimum absolute atomic E-state index is 0.0932. The molecule has 1 aliphatic rings. The Labute approximate surface area is 153 Å². The van der Waals surface area contributed by atoms with E-state index in [1.807, 2.05) is 0 Å². The zero-order valence-electron chi connectivity index (χ0n) is 12.3. The van der Waals surface area contributed by atoms with Crippen molar-refractivity contribution >= 4 is 55.6 Å². The van der Waals surface area contributed by atoms with Crippen molar-refractivity contribution in [3.8, 4) is 0 Å². The van der Waals surface area contributed by atoms with Gasteiger partial charge in [-0.2, -0.15) is 4.68 Å². The summed E-state index contributed by atoms with van der Waals surface area (Å²) in [5, 5.41) is 0.629. The minimum Gasteiger partial charge on any atom is -0.444 e. The standard InChI is InChI=1S/C15H12BrN3O3S2/c16-10-6-5-8(22-10)12(20)18-19-14(21)11-7-3-1-2-4-9(7)24-13(11)17-15(19)23/h5-6H,1-4H2,(H,17,23)(H,18,20). The van der Waals surface area contributed by atoms with Crippen LogP contribution < -0.4 is 11.0 Å².